The predicted octanol–water partition coefficient (Wildman–Crippen LogP) is -5.97. The second-order valence-electron chi connectivity index (χ2n) is 14.3. The lowest BCUT2D eigenvalue weighted by atomic mass is 10.0. The van der Waals surface area contributed by atoms with Crippen LogP contribution in [0.4, 0.5) is 0 Å². The molecule has 0 spiro atoms. The molecule has 0 fully saturated rings. The number of nitrogens with two attached hydrogens (primary N) is 6. The molecule has 0 bridgehead atoms. The van der Waals surface area contributed by atoms with Gasteiger partial charge in [0.2, 0.25) is 47.3 Å². The number of unbranched alkanes of at least 4 members (excludes halogenated alkanes) is 1. The number of carbonyl (C=O) groups is 10. The van der Waals surface area contributed by atoms with Crippen molar-refractivity contribution in [2.75, 3.05) is 13.1 Å². The lowest BCUT2D eigenvalue weighted by Crippen LogP contribution is -2.61. The first kappa shape index (κ1) is 52.9. The summed E-state index contributed by atoms with van der Waals surface area (Å²) in [6, 6.07) is -10.8. The van der Waals surface area contributed by atoms with E-state index in [2.05, 4.69) is 36.9 Å². The predicted molar refractivity (Wildman–Crippen MR) is 210 cm³/mol. The third-order valence-corrected chi connectivity index (χ3v) is 8.50. The summed E-state index contributed by atoms with van der Waals surface area (Å²) in [5, 5.41) is 32.8. The zero-order chi connectivity index (χ0) is 45.6. The standard InChI is InChI=1S/C34H61N13O12/c1-15(2)25(38)31(56)46-19(12-22(36)48)28(53)45-21(14-24(50)51)29(54)42-17(9-7-11-41-34(39)40)27(52)44-20(13-23(37)49)30(55)47-26(16(3)4)32(57)43-18(33(58)59)8-5-6-10-35/h15-21,25-26H,5-14,35,38H2,1-4H3,(H2,36,48)(H2,37,49)(H,42,54)(H,43,57)(H,44,52)(H,45,53)(H,46,56)(H,47,55)(H,50,51)(H,58,59)(H4,39,40,41)/t17-,18-,19-,20-,21-,25-,26-/m0/s1. The maximum Gasteiger partial charge on any atom is 0.326 e. The van der Waals surface area contributed by atoms with Gasteiger partial charge in [0.25, 0.3) is 0 Å². The van der Waals surface area contributed by atoms with Gasteiger partial charge in [-0.2, -0.15) is 0 Å². The van der Waals surface area contributed by atoms with E-state index in [1.54, 1.807) is 13.8 Å². The number of guanidine groups is 1. The first-order valence-corrected chi connectivity index (χ1v) is 18.8. The van der Waals surface area contributed by atoms with Gasteiger partial charge in [-0.25, -0.2) is 4.79 Å². The monoisotopic (exact) mass is 843 g/mol. The van der Waals surface area contributed by atoms with Gasteiger partial charge in [0.05, 0.1) is 25.3 Å². The highest BCUT2D eigenvalue weighted by Gasteiger charge is 2.36. The largest absolute Gasteiger partial charge is 0.481 e. The van der Waals surface area contributed by atoms with Crippen LogP contribution in [0.3, 0.4) is 0 Å². The van der Waals surface area contributed by atoms with Gasteiger partial charge >= 0.3 is 11.9 Å². The number of amides is 8. The number of rotatable bonds is 29. The Morgan fingerprint density at radius 2 is 0.949 bits per heavy atom. The number of nitrogens with zero attached hydrogens (tertiary/aromatic N) is 1. The van der Waals surface area contributed by atoms with Crippen LogP contribution in [0.5, 0.6) is 0 Å². The van der Waals surface area contributed by atoms with E-state index in [0.29, 0.717) is 19.4 Å². The molecule has 8 amide bonds. The average molecular weight is 844 g/mol. The van der Waals surface area contributed by atoms with Gasteiger partial charge in [0.1, 0.15) is 36.3 Å². The van der Waals surface area contributed by atoms with E-state index >= 15 is 0 Å². The van der Waals surface area contributed by atoms with Crippen molar-refractivity contribution < 1.29 is 58.2 Å². The lowest BCUT2D eigenvalue weighted by Gasteiger charge is -2.28. The molecule has 0 saturated carbocycles. The third-order valence-electron chi connectivity index (χ3n) is 8.50. The van der Waals surface area contributed by atoms with Gasteiger partial charge in [-0.3, -0.25) is 48.1 Å². The molecule has 0 aromatic carbocycles. The lowest BCUT2D eigenvalue weighted by molar-refractivity contribution is -0.143. The molecule has 0 saturated heterocycles. The fourth-order valence-corrected chi connectivity index (χ4v) is 5.17. The molecule has 0 aliphatic heterocycles. The first-order chi connectivity index (χ1) is 27.4. The van der Waals surface area contributed by atoms with E-state index < -0.39 is 133 Å². The first-order valence-electron chi connectivity index (χ1n) is 18.8. The average Bonchev–Trinajstić information content (AvgIpc) is 3.12. The molecule has 0 unspecified atom stereocenters. The minimum absolute atomic E-state index is 0.00660. The summed E-state index contributed by atoms with van der Waals surface area (Å²) >= 11 is 0. The molecule has 0 heterocycles. The molecule has 7 atom stereocenters. The van der Waals surface area contributed by atoms with Crippen molar-refractivity contribution in [3.05, 3.63) is 0 Å². The number of hydrogen-bond donors (Lipinski definition) is 14. The van der Waals surface area contributed by atoms with Crippen molar-refractivity contribution in [1.82, 2.24) is 31.9 Å². The Labute approximate surface area is 340 Å². The summed E-state index contributed by atoms with van der Waals surface area (Å²) < 4.78 is 0. The van der Waals surface area contributed by atoms with E-state index in [1.807, 2.05) is 0 Å². The van der Waals surface area contributed by atoms with Crippen molar-refractivity contribution in [2.45, 2.75) is 121 Å². The van der Waals surface area contributed by atoms with Crippen LogP contribution < -0.4 is 66.3 Å². The fraction of sp³-hybridized carbons (Fsp3) is 0.676. The molecule has 0 aromatic rings. The molecule has 20 N–H and O–H groups in total. The van der Waals surface area contributed by atoms with Crippen LogP contribution in [0, 0.1) is 11.8 Å². The van der Waals surface area contributed by atoms with E-state index in [4.69, 9.17) is 34.4 Å². The van der Waals surface area contributed by atoms with E-state index in [-0.39, 0.29) is 31.8 Å². The Bertz CT molecular complexity index is 1540. The quantitative estimate of drug-likeness (QED) is 0.0189. The van der Waals surface area contributed by atoms with Gasteiger partial charge in [-0.1, -0.05) is 27.7 Å². The molecule has 0 aliphatic rings. The number of aliphatic imine (C=N–C) groups is 1. The smallest absolute Gasteiger partial charge is 0.326 e. The van der Waals surface area contributed by atoms with Gasteiger partial charge < -0.3 is 76.5 Å². The molecular formula is C34H61N13O12. The SMILES string of the molecule is CC(C)[C@H](N)C(=O)N[C@@H](CC(N)=O)C(=O)N[C@@H](CC(=O)O)C(=O)N[C@@H](CCCN=C(N)N)C(=O)N[C@@H](CC(N)=O)C(=O)N[C@H](C(=O)N[C@@H](CCCCN)C(=O)O)C(C)C. The number of nitrogens with one attached hydrogen (secondary N) is 6. The zero-order valence-electron chi connectivity index (χ0n) is 33.7. The summed E-state index contributed by atoms with van der Waals surface area (Å²) in [5.74, 6) is -12.8. The number of primary amides is 2. The second-order valence-corrected chi connectivity index (χ2v) is 14.3. The summed E-state index contributed by atoms with van der Waals surface area (Å²) in [6.07, 6.45) is -2.02. The van der Waals surface area contributed by atoms with Crippen LogP contribution in [-0.2, 0) is 47.9 Å². The number of hydrogen-bond acceptors (Lipinski definition) is 13. The minimum atomic E-state index is -1.93. The summed E-state index contributed by atoms with van der Waals surface area (Å²) in [7, 11) is 0. The maximum atomic E-state index is 13.7. The number of aliphatic carboxylic acids is 2. The molecule has 0 rings (SSSR count). The maximum absolute atomic E-state index is 13.7. The summed E-state index contributed by atoms with van der Waals surface area (Å²) in [4.78, 5) is 131. The Hall–Kier alpha value is -6.11. The molecule has 59 heavy (non-hydrogen) atoms. The van der Waals surface area contributed by atoms with Crippen LogP contribution in [0.25, 0.3) is 0 Å². The van der Waals surface area contributed by atoms with Gasteiger partial charge in [0, 0.05) is 6.54 Å². The van der Waals surface area contributed by atoms with Crippen molar-refractivity contribution in [1.29, 1.82) is 0 Å². The topological polar surface area (TPSA) is 452 Å². The van der Waals surface area contributed by atoms with Gasteiger partial charge in [0.15, 0.2) is 5.96 Å². The van der Waals surface area contributed by atoms with Crippen LogP contribution >= 0.6 is 0 Å². The number of carboxylic acid groups (broad SMARTS) is 2. The highest BCUT2D eigenvalue weighted by molar-refractivity contribution is 5.99. The highest BCUT2D eigenvalue weighted by atomic mass is 16.4. The van der Waals surface area contributed by atoms with Crippen LogP contribution in [-0.4, -0.2) is 131 Å². The second kappa shape index (κ2) is 26.7. The summed E-state index contributed by atoms with van der Waals surface area (Å²) in [5.41, 5.74) is 32.6. The molecular weight excluding hydrogens is 782 g/mol. The molecule has 0 aromatic heterocycles. The molecule has 334 valence electrons. The molecule has 25 nitrogen and oxygen atoms in total. The zero-order valence-corrected chi connectivity index (χ0v) is 33.7. The van der Waals surface area contributed by atoms with Crippen LogP contribution in [0.1, 0.15) is 79.1 Å². The highest BCUT2D eigenvalue weighted by Crippen LogP contribution is 2.09. The minimum Gasteiger partial charge on any atom is -0.481 e. The van der Waals surface area contributed by atoms with Crippen LogP contribution in [0.2, 0.25) is 0 Å². The van der Waals surface area contributed by atoms with Gasteiger partial charge in [-0.15, -0.1) is 0 Å². The van der Waals surface area contributed by atoms with Gasteiger partial charge in [-0.05, 0) is 50.5 Å². The number of carboxylic acids is 2. The normalized spacial score (nSPS) is 14.5. The fourth-order valence-electron chi connectivity index (χ4n) is 5.17. The Kier molecular flexibility index (Phi) is 24.0. The summed E-state index contributed by atoms with van der Waals surface area (Å²) in [6.45, 7) is 6.52. The Morgan fingerprint density at radius 3 is 1.37 bits per heavy atom. The van der Waals surface area contributed by atoms with Crippen molar-refractivity contribution in [3.8, 4) is 0 Å². The van der Waals surface area contributed by atoms with Crippen molar-refractivity contribution in [3.63, 3.8) is 0 Å². The Morgan fingerprint density at radius 1 is 0.525 bits per heavy atom. The van der Waals surface area contributed by atoms with Crippen molar-refractivity contribution in [2.24, 2.45) is 51.2 Å². The van der Waals surface area contributed by atoms with E-state index in [1.165, 1.54) is 13.8 Å². The van der Waals surface area contributed by atoms with E-state index in [9.17, 15) is 58.2 Å². The molecule has 0 aliphatic carbocycles. The van der Waals surface area contributed by atoms with Crippen LogP contribution in [0.15, 0.2) is 4.99 Å². The third kappa shape index (κ3) is 21.3. The number of carbonyl (C=O) groups excluding carboxylic acids is 8. The molecule has 25 heteroatoms. The van der Waals surface area contributed by atoms with Crippen molar-refractivity contribution >= 4 is 65.2 Å². The molecule has 0 radical (unpaired) electrons. The Balaban J connectivity index is 6.52. The van der Waals surface area contributed by atoms with E-state index in [0.717, 1.165) is 0 Å².